The van der Waals surface area contributed by atoms with Crippen LogP contribution in [0.4, 0.5) is 4.39 Å². The number of halogens is 1. The van der Waals surface area contributed by atoms with Crippen LogP contribution in [-0.2, 0) is 15.1 Å². The first kappa shape index (κ1) is 15.6. The van der Waals surface area contributed by atoms with E-state index in [4.69, 9.17) is 4.74 Å². The van der Waals surface area contributed by atoms with Gasteiger partial charge in [0.1, 0.15) is 11.4 Å². The number of ether oxygens (including phenoxy) is 1. The van der Waals surface area contributed by atoms with Crippen LogP contribution in [-0.4, -0.2) is 18.6 Å². The Bertz CT molecular complexity index is 436. The van der Waals surface area contributed by atoms with Gasteiger partial charge in [0.2, 0.25) is 0 Å². The summed E-state index contributed by atoms with van der Waals surface area (Å²) in [6, 6.07) is 6.18. The average molecular weight is 267 g/mol. The van der Waals surface area contributed by atoms with Crippen molar-refractivity contribution in [3.05, 3.63) is 35.6 Å². The van der Waals surface area contributed by atoms with Gasteiger partial charge in [-0.15, -0.1) is 0 Å². The second-order valence-electron chi connectivity index (χ2n) is 4.81. The van der Waals surface area contributed by atoms with Crippen LogP contribution in [0.1, 0.15) is 39.7 Å². The molecule has 0 radical (unpaired) electrons. The molecule has 3 nitrogen and oxygen atoms in total. The summed E-state index contributed by atoms with van der Waals surface area (Å²) in [5, 5.41) is 3.23. The molecule has 0 spiro atoms. The maximum absolute atomic E-state index is 13.4. The zero-order valence-electron chi connectivity index (χ0n) is 12.0. The largest absolute Gasteiger partial charge is 0.464 e. The Morgan fingerprint density at radius 2 is 2.16 bits per heavy atom. The Morgan fingerprint density at radius 3 is 2.68 bits per heavy atom. The van der Waals surface area contributed by atoms with E-state index in [0.29, 0.717) is 12.2 Å². The van der Waals surface area contributed by atoms with E-state index >= 15 is 0 Å². The number of carbonyl (C=O) groups is 1. The van der Waals surface area contributed by atoms with E-state index in [1.165, 1.54) is 12.1 Å². The van der Waals surface area contributed by atoms with E-state index in [0.717, 1.165) is 6.42 Å². The minimum absolute atomic E-state index is 0.123. The zero-order valence-corrected chi connectivity index (χ0v) is 12.0. The lowest BCUT2D eigenvalue weighted by Gasteiger charge is -2.32. The van der Waals surface area contributed by atoms with Crippen LogP contribution in [0.2, 0.25) is 0 Å². The number of rotatable bonds is 6. The number of carbonyl (C=O) groups excluding carboxylic acids is 1. The number of nitrogens with one attached hydrogen (secondary N) is 1. The van der Waals surface area contributed by atoms with Gasteiger partial charge in [-0.2, -0.15) is 0 Å². The second kappa shape index (κ2) is 6.66. The van der Waals surface area contributed by atoms with E-state index in [1.54, 1.807) is 26.0 Å². The summed E-state index contributed by atoms with van der Waals surface area (Å²) in [6.07, 6.45) is 0.865. The van der Waals surface area contributed by atoms with Crippen molar-refractivity contribution < 1.29 is 13.9 Å². The summed E-state index contributed by atoms with van der Waals surface area (Å²) >= 11 is 0. The molecule has 2 unspecified atom stereocenters. The van der Waals surface area contributed by atoms with Gasteiger partial charge < -0.3 is 4.74 Å². The van der Waals surface area contributed by atoms with Gasteiger partial charge in [0.15, 0.2) is 0 Å². The Hall–Kier alpha value is -1.42. The van der Waals surface area contributed by atoms with Gasteiger partial charge in [-0.05, 0) is 44.9 Å². The minimum atomic E-state index is -1.03. The van der Waals surface area contributed by atoms with Crippen molar-refractivity contribution in [1.82, 2.24) is 5.32 Å². The van der Waals surface area contributed by atoms with E-state index in [1.807, 2.05) is 13.8 Å². The predicted octanol–water partition coefficient (Wildman–Crippen LogP) is 2.99. The first-order valence-electron chi connectivity index (χ1n) is 6.65. The molecular weight excluding hydrogens is 245 g/mol. The van der Waals surface area contributed by atoms with E-state index < -0.39 is 5.54 Å². The first-order chi connectivity index (χ1) is 8.93. The molecule has 1 rings (SSSR count). The van der Waals surface area contributed by atoms with E-state index in [-0.39, 0.29) is 17.8 Å². The molecule has 0 amide bonds. The fourth-order valence-electron chi connectivity index (χ4n) is 1.93. The topological polar surface area (TPSA) is 38.3 Å². The summed E-state index contributed by atoms with van der Waals surface area (Å²) in [7, 11) is 0. The van der Waals surface area contributed by atoms with Crippen molar-refractivity contribution in [3.63, 3.8) is 0 Å². The molecular formula is C15H22FNO2. The van der Waals surface area contributed by atoms with E-state index in [2.05, 4.69) is 5.32 Å². The molecule has 1 aromatic carbocycles. The molecule has 106 valence electrons. The normalized spacial score (nSPS) is 15.6. The van der Waals surface area contributed by atoms with Crippen molar-refractivity contribution >= 4 is 5.97 Å². The quantitative estimate of drug-likeness (QED) is 0.805. The number of hydrogen-bond acceptors (Lipinski definition) is 3. The summed E-state index contributed by atoms with van der Waals surface area (Å²) in [4.78, 5) is 12.2. The Morgan fingerprint density at radius 1 is 1.47 bits per heavy atom. The smallest absolute Gasteiger partial charge is 0.330 e. The SMILES string of the molecule is CCOC(=O)C(C)(NC(C)CC)c1cccc(F)c1. The molecule has 0 aliphatic rings. The molecule has 0 aliphatic carbocycles. The molecule has 0 aromatic heterocycles. The molecule has 4 heteroatoms. The van der Waals surface area contributed by atoms with Crippen LogP contribution in [0, 0.1) is 5.82 Å². The lowest BCUT2D eigenvalue weighted by Crippen LogP contribution is -2.51. The molecule has 0 saturated carbocycles. The Balaban J connectivity index is 3.14. The fraction of sp³-hybridized carbons (Fsp3) is 0.533. The van der Waals surface area contributed by atoms with Crippen LogP contribution in [0.3, 0.4) is 0 Å². The van der Waals surface area contributed by atoms with Crippen LogP contribution < -0.4 is 5.32 Å². The molecule has 0 bridgehead atoms. The molecule has 0 heterocycles. The molecule has 0 saturated heterocycles. The molecule has 2 atom stereocenters. The van der Waals surface area contributed by atoms with Gasteiger partial charge in [0.25, 0.3) is 0 Å². The van der Waals surface area contributed by atoms with Crippen molar-refractivity contribution in [2.45, 2.75) is 45.7 Å². The monoisotopic (exact) mass is 267 g/mol. The van der Waals surface area contributed by atoms with Crippen LogP contribution in [0.15, 0.2) is 24.3 Å². The third kappa shape index (κ3) is 3.77. The highest BCUT2D eigenvalue weighted by Crippen LogP contribution is 2.24. The molecule has 0 aliphatic heterocycles. The summed E-state index contributed by atoms with van der Waals surface area (Å²) in [5.74, 6) is -0.750. The maximum Gasteiger partial charge on any atom is 0.330 e. The van der Waals surface area contributed by atoms with Crippen molar-refractivity contribution in [2.75, 3.05) is 6.61 Å². The van der Waals surface area contributed by atoms with Crippen LogP contribution in [0.25, 0.3) is 0 Å². The summed E-state index contributed by atoms with van der Waals surface area (Å²) < 4.78 is 18.5. The summed E-state index contributed by atoms with van der Waals surface area (Å²) in [6.45, 7) is 7.79. The standard InChI is InChI=1S/C15H22FNO2/c1-5-11(3)17-15(4,14(18)19-6-2)12-8-7-9-13(16)10-12/h7-11,17H,5-6H2,1-4H3. The Kier molecular flexibility index (Phi) is 5.48. The maximum atomic E-state index is 13.4. The van der Waals surface area contributed by atoms with Gasteiger partial charge in [-0.1, -0.05) is 19.1 Å². The van der Waals surface area contributed by atoms with Crippen molar-refractivity contribution in [3.8, 4) is 0 Å². The van der Waals surface area contributed by atoms with Crippen molar-refractivity contribution in [2.24, 2.45) is 0 Å². The van der Waals surface area contributed by atoms with E-state index in [9.17, 15) is 9.18 Å². The molecule has 19 heavy (non-hydrogen) atoms. The van der Waals surface area contributed by atoms with Gasteiger partial charge in [0.05, 0.1) is 6.61 Å². The van der Waals surface area contributed by atoms with Gasteiger partial charge in [0, 0.05) is 6.04 Å². The van der Waals surface area contributed by atoms with Gasteiger partial charge >= 0.3 is 5.97 Å². The van der Waals surface area contributed by atoms with Crippen molar-refractivity contribution in [1.29, 1.82) is 0 Å². The van der Waals surface area contributed by atoms with Gasteiger partial charge in [-0.25, -0.2) is 9.18 Å². The fourth-order valence-corrected chi connectivity index (χ4v) is 1.93. The molecule has 0 fully saturated rings. The van der Waals surface area contributed by atoms with Gasteiger partial charge in [-0.3, -0.25) is 5.32 Å². The zero-order chi connectivity index (χ0) is 14.5. The highest BCUT2D eigenvalue weighted by atomic mass is 19.1. The third-order valence-corrected chi connectivity index (χ3v) is 3.23. The number of benzene rings is 1. The number of esters is 1. The number of hydrogen-bond donors (Lipinski definition) is 1. The molecule has 1 aromatic rings. The van der Waals surface area contributed by atoms with Crippen LogP contribution >= 0.6 is 0 Å². The Labute approximate surface area is 114 Å². The summed E-state index contributed by atoms with van der Waals surface area (Å²) in [5.41, 5.74) is -0.459. The highest BCUT2D eigenvalue weighted by molar-refractivity contribution is 5.82. The highest BCUT2D eigenvalue weighted by Gasteiger charge is 2.37. The lowest BCUT2D eigenvalue weighted by molar-refractivity contribution is -0.151. The lowest BCUT2D eigenvalue weighted by atomic mass is 9.90. The minimum Gasteiger partial charge on any atom is -0.464 e. The first-order valence-corrected chi connectivity index (χ1v) is 6.65. The molecule has 1 N–H and O–H groups in total. The third-order valence-electron chi connectivity index (χ3n) is 3.23. The van der Waals surface area contributed by atoms with Crippen LogP contribution in [0.5, 0.6) is 0 Å². The predicted molar refractivity (Wildman–Crippen MR) is 73.3 cm³/mol. The average Bonchev–Trinajstić information content (AvgIpc) is 2.38. The second-order valence-corrected chi connectivity index (χ2v) is 4.81.